The molecule has 1 aliphatic carbocycles. The lowest BCUT2D eigenvalue weighted by Gasteiger charge is -2.27. The van der Waals surface area contributed by atoms with Gasteiger partial charge < -0.3 is 10.8 Å². The van der Waals surface area contributed by atoms with Gasteiger partial charge in [-0.2, -0.15) is 0 Å². The van der Waals surface area contributed by atoms with Gasteiger partial charge >= 0.3 is 0 Å². The van der Waals surface area contributed by atoms with Crippen molar-refractivity contribution in [3.05, 3.63) is 0 Å². The van der Waals surface area contributed by atoms with E-state index in [1.54, 1.807) is 16.4 Å². The third kappa shape index (κ3) is 4.71. The summed E-state index contributed by atoms with van der Waals surface area (Å²) in [4.78, 5) is 0. The van der Waals surface area contributed by atoms with Crippen molar-refractivity contribution in [1.29, 1.82) is 0 Å². The highest BCUT2D eigenvalue weighted by molar-refractivity contribution is 7.99. The molecule has 0 bridgehead atoms. The van der Waals surface area contributed by atoms with E-state index in [-0.39, 0.29) is 6.04 Å². The third-order valence-corrected chi connectivity index (χ3v) is 5.09. The van der Waals surface area contributed by atoms with E-state index in [9.17, 15) is 5.11 Å². The van der Waals surface area contributed by atoms with Gasteiger partial charge in [-0.25, -0.2) is 4.68 Å². The van der Waals surface area contributed by atoms with E-state index >= 15 is 0 Å². The lowest BCUT2D eigenvalue weighted by atomic mass is 9.84. The van der Waals surface area contributed by atoms with Crippen molar-refractivity contribution in [2.45, 2.75) is 62.2 Å². The lowest BCUT2D eigenvalue weighted by Crippen LogP contribution is -2.37. The fourth-order valence-electron chi connectivity index (χ4n) is 2.79. The average molecular weight is 299 g/mol. The molecule has 0 aromatic carbocycles. The minimum absolute atomic E-state index is 0.101. The number of rotatable bonds is 7. The number of tetrazole rings is 1. The Morgan fingerprint density at radius 3 is 2.80 bits per heavy atom. The first-order valence-corrected chi connectivity index (χ1v) is 8.44. The van der Waals surface area contributed by atoms with Crippen molar-refractivity contribution in [2.75, 3.05) is 5.75 Å². The standard InChI is InChI=1S/C13H25N5OS/c1-18-13(15-16-17-18)20-8-7-12(19)11(14)9-10-5-3-2-4-6-10/h10-12,19H,2-9,14H2,1H3/t11-,12-/m0/s1. The van der Waals surface area contributed by atoms with Crippen molar-refractivity contribution in [1.82, 2.24) is 20.2 Å². The molecule has 0 unspecified atom stereocenters. The second kappa shape index (κ2) is 7.95. The maximum Gasteiger partial charge on any atom is 0.209 e. The third-order valence-electron chi connectivity index (χ3n) is 4.05. The molecule has 1 aliphatic rings. The zero-order chi connectivity index (χ0) is 14.4. The molecule has 20 heavy (non-hydrogen) atoms. The molecule has 1 fully saturated rings. The molecule has 1 aromatic rings. The predicted molar refractivity (Wildman–Crippen MR) is 79.3 cm³/mol. The van der Waals surface area contributed by atoms with Crippen LogP contribution in [-0.2, 0) is 7.05 Å². The van der Waals surface area contributed by atoms with Gasteiger partial charge in [-0.05, 0) is 29.2 Å². The summed E-state index contributed by atoms with van der Waals surface area (Å²) < 4.78 is 1.64. The van der Waals surface area contributed by atoms with Crippen LogP contribution < -0.4 is 5.73 Å². The maximum absolute atomic E-state index is 10.1. The molecule has 7 heteroatoms. The van der Waals surface area contributed by atoms with E-state index < -0.39 is 6.10 Å². The van der Waals surface area contributed by atoms with Gasteiger partial charge in [0.05, 0.1) is 6.10 Å². The Bertz CT molecular complexity index is 394. The van der Waals surface area contributed by atoms with Crippen LogP contribution in [0.2, 0.25) is 0 Å². The van der Waals surface area contributed by atoms with Gasteiger partial charge in [-0.15, -0.1) is 5.10 Å². The predicted octanol–water partition coefficient (Wildman–Crippen LogP) is 1.35. The monoisotopic (exact) mass is 299 g/mol. The Kier molecular flexibility index (Phi) is 6.25. The zero-order valence-corrected chi connectivity index (χ0v) is 12.9. The Morgan fingerprint density at radius 2 is 2.15 bits per heavy atom. The van der Waals surface area contributed by atoms with E-state index in [1.165, 1.54) is 32.1 Å². The largest absolute Gasteiger partial charge is 0.391 e. The van der Waals surface area contributed by atoms with Gasteiger partial charge in [-0.3, -0.25) is 0 Å². The molecule has 0 spiro atoms. The first-order chi connectivity index (χ1) is 9.66. The Labute approximate surface area is 124 Å². The number of nitrogens with zero attached hydrogens (tertiary/aromatic N) is 4. The molecule has 0 saturated heterocycles. The first-order valence-electron chi connectivity index (χ1n) is 7.45. The van der Waals surface area contributed by atoms with Crippen LogP contribution in [0.4, 0.5) is 0 Å². The molecule has 1 saturated carbocycles. The van der Waals surface area contributed by atoms with E-state index in [0.717, 1.165) is 17.3 Å². The molecule has 6 nitrogen and oxygen atoms in total. The van der Waals surface area contributed by atoms with Crippen molar-refractivity contribution < 1.29 is 5.11 Å². The minimum Gasteiger partial charge on any atom is -0.391 e. The fourth-order valence-corrected chi connectivity index (χ4v) is 3.65. The number of thioether (sulfide) groups is 1. The van der Waals surface area contributed by atoms with E-state index in [4.69, 9.17) is 5.73 Å². The van der Waals surface area contributed by atoms with Crippen LogP contribution in [0.1, 0.15) is 44.9 Å². The topological polar surface area (TPSA) is 89.8 Å². The van der Waals surface area contributed by atoms with Gasteiger partial charge in [0.1, 0.15) is 0 Å². The molecule has 1 aromatic heterocycles. The number of hydrogen-bond donors (Lipinski definition) is 2. The normalized spacial score (nSPS) is 19.9. The number of nitrogens with two attached hydrogens (primary N) is 1. The first kappa shape index (κ1) is 15.7. The second-order valence-corrected chi connectivity index (χ2v) is 6.76. The Morgan fingerprint density at radius 1 is 1.40 bits per heavy atom. The summed E-state index contributed by atoms with van der Waals surface area (Å²) in [5.74, 6) is 1.50. The summed E-state index contributed by atoms with van der Waals surface area (Å²) in [7, 11) is 1.81. The van der Waals surface area contributed by atoms with Gasteiger partial charge in [0.2, 0.25) is 5.16 Å². The summed E-state index contributed by atoms with van der Waals surface area (Å²) in [5.41, 5.74) is 6.13. The highest BCUT2D eigenvalue weighted by atomic mass is 32.2. The summed E-state index contributed by atoms with van der Waals surface area (Å²) in [6.07, 6.45) is 7.77. The Balaban J connectivity index is 1.65. The lowest BCUT2D eigenvalue weighted by molar-refractivity contribution is 0.124. The molecule has 2 atom stereocenters. The van der Waals surface area contributed by atoms with Crippen LogP contribution >= 0.6 is 11.8 Å². The fraction of sp³-hybridized carbons (Fsp3) is 0.923. The van der Waals surface area contributed by atoms with Crippen LogP contribution in [0.5, 0.6) is 0 Å². The van der Waals surface area contributed by atoms with Crippen LogP contribution in [0.25, 0.3) is 0 Å². The van der Waals surface area contributed by atoms with Crippen molar-refractivity contribution in [3.63, 3.8) is 0 Å². The van der Waals surface area contributed by atoms with E-state index in [0.29, 0.717) is 12.3 Å². The number of aromatic nitrogens is 4. The highest BCUT2D eigenvalue weighted by Crippen LogP contribution is 2.28. The maximum atomic E-state index is 10.1. The highest BCUT2D eigenvalue weighted by Gasteiger charge is 2.21. The van der Waals surface area contributed by atoms with Gasteiger partial charge in [0.15, 0.2) is 0 Å². The average Bonchev–Trinajstić information content (AvgIpc) is 2.85. The van der Waals surface area contributed by atoms with Gasteiger partial charge in [-0.1, -0.05) is 43.9 Å². The molecule has 0 radical (unpaired) electrons. The number of aryl methyl sites for hydroxylation is 1. The van der Waals surface area contributed by atoms with Crippen molar-refractivity contribution >= 4 is 11.8 Å². The molecule has 3 N–H and O–H groups in total. The quantitative estimate of drug-likeness (QED) is 0.739. The molecule has 1 heterocycles. The summed E-state index contributed by atoms with van der Waals surface area (Å²) in [6.45, 7) is 0. The van der Waals surface area contributed by atoms with Crippen LogP contribution in [0.3, 0.4) is 0 Å². The second-order valence-electron chi connectivity index (χ2n) is 5.69. The number of hydrogen-bond acceptors (Lipinski definition) is 6. The molecular formula is C13H25N5OS. The summed E-state index contributed by atoms with van der Waals surface area (Å²) >= 11 is 1.56. The number of aliphatic hydroxyl groups excluding tert-OH is 1. The minimum atomic E-state index is -0.425. The van der Waals surface area contributed by atoms with Crippen LogP contribution in [0.15, 0.2) is 5.16 Å². The molecule has 2 rings (SSSR count). The molecule has 0 amide bonds. The van der Waals surface area contributed by atoms with Crippen molar-refractivity contribution in [2.24, 2.45) is 18.7 Å². The smallest absolute Gasteiger partial charge is 0.209 e. The van der Waals surface area contributed by atoms with E-state index in [2.05, 4.69) is 15.5 Å². The molecular weight excluding hydrogens is 274 g/mol. The zero-order valence-electron chi connectivity index (χ0n) is 12.1. The molecule has 114 valence electrons. The van der Waals surface area contributed by atoms with Gasteiger partial charge in [0.25, 0.3) is 0 Å². The van der Waals surface area contributed by atoms with Crippen molar-refractivity contribution in [3.8, 4) is 0 Å². The van der Waals surface area contributed by atoms with Crippen LogP contribution in [0, 0.1) is 5.92 Å². The van der Waals surface area contributed by atoms with Crippen LogP contribution in [-0.4, -0.2) is 43.2 Å². The van der Waals surface area contributed by atoms with E-state index in [1.807, 2.05) is 7.05 Å². The molecule has 0 aliphatic heterocycles. The number of aliphatic hydroxyl groups is 1. The SMILES string of the molecule is Cn1nnnc1SCC[C@H](O)[C@@H](N)CC1CCCCC1. The van der Waals surface area contributed by atoms with Gasteiger partial charge in [0, 0.05) is 18.8 Å². The summed E-state index contributed by atoms with van der Waals surface area (Å²) in [6, 6.07) is -0.101. The summed E-state index contributed by atoms with van der Waals surface area (Å²) in [5, 5.41) is 22.2. The Hall–Kier alpha value is -0.660.